The number of fused-ring (bicyclic) bond motifs is 1. The van der Waals surface area contributed by atoms with Crippen LogP contribution in [0.1, 0.15) is 27.2 Å². The molecule has 1 aliphatic carbocycles. The van der Waals surface area contributed by atoms with Crippen LogP contribution in [0.4, 0.5) is 8.78 Å². The van der Waals surface area contributed by atoms with Crippen LogP contribution >= 0.6 is 0 Å². The number of carbonyl (C=O) groups is 2. The molecule has 0 fully saturated rings. The summed E-state index contributed by atoms with van der Waals surface area (Å²) < 4.78 is 33.1. The van der Waals surface area contributed by atoms with E-state index in [1.165, 1.54) is 30.0 Å². The lowest BCUT2D eigenvalue weighted by Gasteiger charge is -2.23. The maximum atomic E-state index is 13.6. The fourth-order valence-corrected chi connectivity index (χ4v) is 2.69. The van der Waals surface area contributed by atoms with Crippen molar-refractivity contribution in [1.82, 2.24) is 9.88 Å². The van der Waals surface area contributed by atoms with Gasteiger partial charge in [-0.05, 0) is 12.1 Å². The van der Waals surface area contributed by atoms with Crippen LogP contribution in [0.2, 0.25) is 0 Å². The molecular formula is C18H14F2N2O4. The fourth-order valence-electron chi connectivity index (χ4n) is 2.69. The summed E-state index contributed by atoms with van der Waals surface area (Å²) in [6.07, 6.45) is 3.37. The molecule has 0 saturated carbocycles. The average molecular weight is 360 g/mol. The van der Waals surface area contributed by atoms with Gasteiger partial charge >= 0.3 is 0 Å². The third-order valence-electron chi connectivity index (χ3n) is 4.02. The predicted octanol–water partition coefficient (Wildman–Crippen LogP) is 1.71. The van der Waals surface area contributed by atoms with E-state index >= 15 is 0 Å². The van der Waals surface area contributed by atoms with Crippen molar-refractivity contribution in [2.75, 3.05) is 7.11 Å². The number of carbonyl (C=O) groups excluding carboxylic acids is 2. The first-order valence-corrected chi connectivity index (χ1v) is 7.65. The van der Waals surface area contributed by atoms with Crippen molar-refractivity contribution in [3.63, 3.8) is 0 Å². The number of aromatic nitrogens is 1. The molecule has 8 heteroatoms. The highest BCUT2D eigenvalue weighted by Gasteiger charge is 2.27. The Labute approximate surface area is 146 Å². The van der Waals surface area contributed by atoms with E-state index in [0.29, 0.717) is 23.8 Å². The smallest absolute Gasteiger partial charge is 0.257 e. The van der Waals surface area contributed by atoms with Gasteiger partial charge in [-0.15, -0.1) is 0 Å². The van der Waals surface area contributed by atoms with Crippen molar-refractivity contribution in [2.45, 2.75) is 13.1 Å². The second-order valence-corrected chi connectivity index (χ2v) is 5.58. The summed E-state index contributed by atoms with van der Waals surface area (Å²) in [4.78, 5) is 35.7. The van der Waals surface area contributed by atoms with Crippen LogP contribution in [0.3, 0.4) is 0 Å². The summed E-state index contributed by atoms with van der Waals surface area (Å²) in [5.41, 5.74) is 0.105. The van der Waals surface area contributed by atoms with Crippen molar-refractivity contribution in [1.29, 1.82) is 0 Å². The lowest BCUT2D eigenvalue weighted by molar-refractivity contribution is -0.108. The quantitative estimate of drug-likeness (QED) is 0.796. The zero-order chi connectivity index (χ0) is 18.8. The SMILES string of the molecule is COC1=Cc2c1n(CC=O)cc(C(=O)NCc1ccc(F)cc1F)c2=O. The number of benzene rings is 1. The third kappa shape index (κ3) is 3.01. The minimum Gasteiger partial charge on any atom is -0.495 e. The van der Waals surface area contributed by atoms with Crippen molar-refractivity contribution in [3.05, 3.63) is 68.6 Å². The summed E-state index contributed by atoms with van der Waals surface area (Å²) >= 11 is 0. The molecule has 26 heavy (non-hydrogen) atoms. The lowest BCUT2D eigenvalue weighted by Crippen LogP contribution is -2.33. The first-order valence-electron chi connectivity index (χ1n) is 7.65. The molecule has 0 saturated heterocycles. The summed E-state index contributed by atoms with van der Waals surface area (Å²) in [5.74, 6) is -1.80. The summed E-state index contributed by atoms with van der Waals surface area (Å²) in [6.45, 7) is -0.273. The molecule has 0 radical (unpaired) electrons. The highest BCUT2D eigenvalue weighted by atomic mass is 19.1. The number of pyridine rings is 1. The number of aldehydes is 1. The molecule has 134 valence electrons. The normalized spacial score (nSPS) is 11.9. The second-order valence-electron chi connectivity index (χ2n) is 5.58. The molecule has 0 bridgehead atoms. The van der Waals surface area contributed by atoms with Crippen molar-refractivity contribution in [2.24, 2.45) is 0 Å². The van der Waals surface area contributed by atoms with Gasteiger partial charge in [-0.25, -0.2) is 8.78 Å². The van der Waals surface area contributed by atoms with Crippen LogP contribution in [-0.2, 0) is 22.6 Å². The summed E-state index contributed by atoms with van der Waals surface area (Å²) in [6, 6.07) is 2.99. The van der Waals surface area contributed by atoms with Gasteiger partial charge in [-0.2, -0.15) is 0 Å². The van der Waals surface area contributed by atoms with Crippen molar-refractivity contribution < 1.29 is 23.1 Å². The van der Waals surface area contributed by atoms with Gasteiger partial charge in [-0.1, -0.05) is 6.07 Å². The van der Waals surface area contributed by atoms with Gasteiger partial charge in [0.15, 0.2) is 0 Å². The molecule has 2 aromatic rings. The van der Waals surface area contributed by atoms with E-state index in [-0.39, 0.29) is 29.8 Å². The number of hydrogen-bond donors (Lipinski definition) is 1. The molecule has 0 spiro atoms. The second kappa shape index (κ2) is 6.91. The average Bonchev–Trinajstić information content (AvgIpc) is 2.57. The Morgan fingerprint density at radius 2 is 2.12 bits per heavy atom. The minimum absolute atomic E-state index is 0.0593. The molecule has 0 unspecified atom stereocenters. The molecule has 1 heterocycles. The van der Waals surface area contributed by atoms with E-state index in [1.807, 2.05) is 0 Å². The van der Waals surface area contributed by atoms with Crippen LogP contribution in [0.5, 0.6) is 0 Å². The topological polar surface area (TPSA) is 77.4 Å². The maximum absolute atomic E-state index is 13.6. The van der Waals surface area contributed by atoms with Crippen LogP contribution < -0.4 is 10.7 Å². The van der Waals surface area contributed by atoms with Gasteiger partial charge in [0, 0.05) is 24.4 Å². The third-order valence-corrected chi connectivity index (χ3v) is 4.02. The number of halogens is 2. The molecule has 0 aliphatic heterocycles. The summed E-state index contributed by atoms with van der Waals surface area (Å²) in [7, 11) is 1.43. The van der Waals surface area contributed by atoms with Crippen LogP contribution in [0.25, 0.3) is 11.8 Å². The standard InChI is InChI=1S/C18H14F2N2O4/c1-26-15-7-12-16(15)22(4-5-23)9-13(17(12)24)18(25)21-8-10-2-3-11(19)6-14(10)20/h2-3,5-7,9H,4,8H2,1H3,(H,21,25). The van der Waals surface area contributed by atoms with E-state index in [2.05, 4.69) is 5.32 Å². The van der Waals surface area contributed by atoms with Crippen LogP contribution in [0, 0.1) is 11.6 Å². The molecule has 0 atom stereocenters. The number of amides is 1. The van der Waals surface area contributed by atoms with E-state index in [1.54, 1.807) is 0 Å². The molecule has 3 rings (SSSR count). The molecule has 1 aromatic heterocycles. The molecule has 1 amide bonds. The minimum atomic E-state index is -0.798. The highest BCUT2D eigenvalue weighted by molar-refractivity contribution is 5.98. The summed E-state index contributed by atoms with van der Waals surface area (Å²) in [5, 5.41) is 2.43. The van der Waals surface area contributed by atoms with Crippen LogP contribution in [0.15, 0.2) is 29.2 Å². The van der Waals surface area contributed by atoms with Gasteiger partial charge in [0.1, 0.15) is 29.2 Å². The Bertz CT molecular complexity index is 995. The Morgan fingerprint density at radius 1 is 1.35 bits per heavy atom. The lowest BCUT2D eigenvalue weighted by atomic mass is 9.98. The number of nitrogens with one attached hydrogen (secondary N) is 1. The molecule has 1 aliphatic rings. The van der Waals surface area contributed by atoms with E-state index in [4.69, 9.17) is 4.74 Å². The number of methoxy groups -OCH3 is 1. The molecular weight excluding hydrogens is 346 g/mol. The van der Waals surface area contributed by atoms with Crippen molar-refractivity contribution in [3.8, 4) is 0 Å². The number of ether oxygens (including phenoxy) is 1. The molecule has 1 aromatic carbocycles. The first-order chi connectivity index (χ1) is 12.5. The van der Waals surface area contributed by atoms with Crippen molar-refractivity contribution >= 4 is 24.0 Å². The van der Waals surface area contributed by atoms with Gasteiger partial charge in [-0.3, -0.25) is 9.59 Å². The maximum Gasteiger partial charge on any atom is 0.257 e. The molecule has 1 N–H and O–H groups in total. The fraction of sp³-hybridized carbons (Fsp3) is 0.167. The van der Waals surface area contributed by atoms with E-state index < -0.39 is 23.0 Å². The Balaban J connectivity index is 1.87. The largest absolute Gasteiger partial charge is 0.495 e. The van der Waals surface area contributed by atoms with Gasteiger partial charge in [0.05, 0.1) is 24.9 Å². The Hall–Kier alpha value is -3.29. The number of nitrogens with zero attached hydrogens (tertiary/aromatic N) is 1. The molecule has 6 nitrogen and oxygen atoms in total. The highest BCUT2D eigenvalue weighted by Crippen LogP contribution is 2.30. The number of rotatable bonds is 6. The zero-order valence-corrected chi connectivity index (χ0v) is 13.7. The number of hydrogen-bond acceptors (Lipinski definition) is 4. The Morgan fingerprint density at radius 3 is 2.77 bits per heavy atom. The van der Waals surface area contributed by atoms with E-state index in [0.717, 1.165) is 6.07 Å². The Kier molecular flexibility index (Phi) is 4.66. The monoisotopic (exact) mass is 360 g/mol. The zero-order valence-electron chi connectivity index (χ0n) is 13.7. The van der Waals surface area contributed by atoms with E-state index in [9.17, 15) is 23.2 Å². The predicted molar refractivity (Wildman–Crippen MR) is 89.2 cm³/mol. The van der Waals surface area contributed by atoms with Gasteiger partial charge in [0.2, 0.25) is 5.43 Å². The van der Waals surface area contributed by atoms with Gasteiger partial charge < -0.3 is 19.4 Å². The first kappa shape index (κ1) is 17.5. The van der Waals surface area contributed by atoms with Crippen LogP contribution in [-0.4, -0.2) is 23.9 Å². The van der Waals surface area contributed by atoms with Gasteiger partial charge in [0.25, 0.3) is 5.91 Å².